The number of aliphatic carboxylic acids is 1. The summed E-state index contributed by atoms with van der Waals surface area (Å²) < 4.78 is 39.8. The van der Waals surface area contributed by atoms with E-state index in [-0.39, 0.29) is 25.1 Å². The lowest BCUT2D eigenvalue weighted by Crippen LogP contribution is -2.05. The molecular weight excluding hydrogens is 217 g/mol. The summed E-state index contributed by atoms with van der Waals surface area (Å²) in [5.74, 6) is -2.56. The molecule has 0 aliphatic rings. The first-order valence-corrected chi connectivity index (χ1v) is 4.01. The van der Waals surface area contributed by atoms with Crippen LogP contribution < -0.4 is 0 Å². The molecule has 1 aromatic heterocycles. The number of halogens is 3. The summed E-state index contributed by atoms with van der Waals surface area (Å²) >= 11 is 0. The highest BCUT2D eigenvalue weighted by molar-refractivity contribution is 5.66. The third-order valence-electron chi connectivity index (χ3n) is 1.50. The monoisotopic (exact) mass is 224 g/mol. The van der Waals surface area contributed by atoms with Crippen molar-refractivity contribution in [2.24, 2.45) is 0 Å². The zero-order chi connectivity index (χ0) is 11.5. The molecule has 84 valence electrons. The number of hydrogen-bond donors (Lipinski definition) is 1. The zero-order valence-electron chi connectivity index (χ0n) is 7.41. The Balaban J connectivity index is 2.50. The molecule has 0 saturated carbocycles. The van der Waals surface area contributed by atoms with Gasteiger partial charge in [0.1, 0.15) is 0 Å². The molecule has 0 spiro atoms. The van der Waals surface area contributed by atoms with E-state index in [1.54, 1.807) is 0 Å². The van der Waals surface area contributed by atoms with E-state index in [2.05, 4.69) is 14.7 Å². The van der Waals surface area contributed by atoms with Crippen molar-refractivity contribution < 1.29 is 27.6 Å². The summed E-state index contributed by atoms with van der Waals surface area (Å²) in [6.07, 6.45) is -4.58. The van der Waals surface area contributed by atoms with Gasteiger partial charge < -0.3 is 9.63 Å². The highest BCUT2D eigenvalue weighted by atomic mass is 19.4. The van der Waals surface area contributed by atoms with Crippen molar-refractivity contribution in [1.29, 1.82) is 0 Å². The maximum atomic E-state index is 12.0. The third-order valence-corrected chi connectivity index (χ3v) is 1.50. The Morgan fingerprint density at radius 1 is 1.47 bits per heavy atom. The van der Waals surface area contributed by atoms with Gasteiger partial charge in [-0.05, 0) is 6.42 Å². The molecule has 0 saturated heterocycles. The predicted octanol–water partition coefficient (Wildman–Crippen LogP) is 1.50. The topological polar surface area (TPSA) is 76.2 Å². The van der Waals surface area contributed by atoms with Crippen LogP contribution in [0.25, 0.3) is 0 Å². The summed E-state index contributed by atoms with van der Waals surface area (Å²) in [7, 11) is 0. The van der Waals surface area contributed by atoms with Gasteiger partial charge in [0, 0.05) is 12.8 Å². The first-order chi connectivity index (χ1) is 6.89. The molecule has 1 N–H and O–H groups in total. The van der Waals surface area contributed by atoms with Gasteiger partial charge in [-0.1, -0.05) is 5.16 Å². The zero-order valence-corrected chi connectivity index (χ0v) is 7.41. The number of alkyl halides is 3. The molecule has 8 heteroatoms. The van der Waals surface area contributed by atoms with Crippen molar-refractivity contribution in [2.75, 3.05) is 0 Å². The molecule has 0 unspecified atom stereocenters. The van der Waals surface area contributed by atoms with Crippen LogP contribution in [0.3, 0.4) is 0 Å². The second-order valence-corrected chi connectivity index (χ2v) is 2.76. The minimum absolute atomic E-state index is 0.0475. The largest absolute Gasteiger partial charge is 0.481 e. The summed E-state index contributed by atoms with van der Waals surface area (Å²) in [4.78, 5) is 13.2. The molecule has 1 aromatic rings. The molecule has 15 heavy (non-hydrogen) atoms. The molecule has 0 atom stereocenters. The molecule has 0 radical (unpaired) electrons. The Kier molecular flexibility index (Phi) is 3.28. The standard InChI is InChI=1S/C7H7F3N2O3/c8-7(9,10)6-11-4(12-15-6)2-1-3-5(13)14/h1-3H2,(H,13,14). The van der Waals surface area contributed by atoms with E-state index in [0.29, 0.717) is 0 Å². The van der Waals surface area contributed by atoms with E-state index in [4.69, 9.17) is 5.11 Å². The number of aryl methyl sites for hydroxylation is 1. The number of nitrogens with zero attached hydrogens (tertiary/aromatic N) is 2. The Morgan fingerprint density at radius 2 is 2.13 bits per heavy atom. The highest BCUT2D eigenvalue weighted by Gasteiger charge is 2.38. The molecule has 0 amide bonds. The lowest BCUT2D eigenvalue weighted by molar-refractivity contribution is -0.159. The molecule has 0 fully saturated rings. The van der Waals surface area contributed by atoms with Crippen molar-refractivity contribution in [3.63, 3.8) is 0 Å². The first kappa shape index (κ1) is 11.5. The van der Waals surface area contributed by atoms with Crippen LogP contribution in [0.15, 0.2) is 4.52 Å². The van der Waals surface area contributed by atoms with Gasteiger partial charge in [0.2, 0.25) is 0 Å². The van der Waals surface area contributed by atoms with Crippen LogP contribution in [0, 0.1) is 0 Å². The Bertz CT molecular complexity index is 347. The van der Waals surface area contributed by atoms with Gasteiger partial charge in [0.15, 0.2) is 5.82 Å². The number of rotatable bonds is 4. The van der Waals surface area contributed by atoms with Gasteiger partial charge >= 0.3 is 18.0 Å². The molecule has 0 bridgehead atoms. The van der Waals surface area contributed by atoms with Gasteiger partial charge in [-0.15, -0.1) is 0 Å². The predicted molar refractivity (Wildman–Crippen MR) is 39.9 cm³/mol. The third kappa shape index (κ3) is 3.56. The van der Waals surface area contributed by atoms with Gasteiger partial charge in [0.05, 0.1) is 0 Å². The Labute approximate surface area is 81.9 Å². The molecule has 0 aliphatic carbocycles. The van der Waals surface area contributed by atoms with E-state index in [0.717, 1.165) is 0 Å². The van der Waals surface area contributed by atoms with E-state index < -0.39 is 18.0 Å². The average Bonchev–Trinajstić information content (AvgIpc) is 2.51. The van der Waals surface area contributed by atoms with Crippen LogP contribution >= 0.6 is 0 Å². The smallest absolute Gasteiger partial charge is 0.471 e. The van der Waals surface area contributed by atoms with Crippen LogP contribution in [0.5, 0.6) is 0 Å². The molecular formula is C7H7F3N2O3. The van der Waals surface area contributed by atoms with Crippen LogP contribution in [0.4, 0.5) is 13.2 Å². The van der Waals surface area contributed by atoms with Crippen molar-refractivity contribution in [2.45, 2.75) is 25.4 Å². The lowest BCUT2D eigenvalue weighted by atomic mass is 10.2. The highest BCUT2D eigenvalue weighted by Crippen LogP contribution is 2.27. The minimum Gasteiger partial charge on any atom is -0.481 e. The van der Waals surface area contributed by atoms with Gasteiger partial charge in [-0.25, -0.2) is 0 Å². The molecule has 0 aromatic carbocycles. The van der Waals surface area contributed by atoms with E-state index >= 15 is 0 Å². The van der Waals surface area contributed by atoms with Gasteiger partial charge in [-0.2, -0.15) is 18.2 Å². The van der Waals surface area contributed by atoms with Gasteiger partial charge in [-0.3, -0.25) is 4.79 Å². The van der Waals surface area contributed by atoms with E-state index in [9.17, 15) is 18.0 Å². The summed E-state index contributed by atoms with van der Waals surface area (Å²) in [5.41, 5.74) is 0. The van der Waals surface area contributed by atoms with E-state index in [1.807, 2.05) is 0 Å². The number of carbonyl (C=O) groups is 1. The molecule has 1 rings (SSSR count). The number of hydrogen-bond acceptors (Lipinski definition) is 4. The second kappa shape index (κ2) is 4.28. The second-order valence-electron chi connectivity index (χ2n) is 2.76. The quantitative estimate of drug-likeness (QED) is 0.838. The van der Waals surface area contributed by atoms with Crippen molar-refractivity contribution in [3.05, 3.63) is 11.7 Å². The van der Waals surface area contributed by atoms with Crippen LogP contribution in [0.2, 0.25) is 0 Å². The fourth-order valence-electron chi connectivity index (χ4n) is 0.868. The molecule has 0 aliphatic heterocycles. The van der Waals surface area contributed by atoms with Crippen molar-refractivity contribution >= 4 is 5.97 Å². The minimum atomic E-state index is -4.65. The molecule has 5 nitrogen and oxygen atoms in total. The van der Waals surface area contributed by atoms with Crippen molar-refractivity contribution in [3.8, 4) is 0 Å². The Morgan fingerprint density at radius 3 is 2.60 bits per heavy atom. The van der Waals surface area contributed by atoms with Crippen molar-refractivity contribution in [1.82, 2.24) is 10.1 Å². The SMILES string of the molecule is O=C(O)CCCc1noc(C(F)(F)F)n1. The fourth-order valence-corrected chi connectivity index (χ4v) is 0.868. The number of carboxylic acid groups (broad SMARTS) is 1. The maximum Gasteiger partial charge on any atom is 0.471 e. The Hall–Kier alpha value is -1.60. The summed E-state index contributed by atoms with van der Waals surface area (Å²) in [6, 6.07) is 0. The average molecular weight is 224 g/mol. The fraction of sp³-hybridized carbons (Fsp3) is 0.571. The summed E-state index contributed by atoms with van der Waals surface area (Å²) in [5, 5.41) is 11.4. The molecule has 1 heterocycles. The number of carboxylic acids is 1. The first-order valence-electron chi connectivity index (χ1n) is 4.01. The van der Waals surface area contributed by atoms with Crippen LogP contribution in [-0.4, -0.2) is 21.2 Å². The van der Waals surface area contributed by atoms with Crippen LogP contribution in [0.1, 0.15) is 24.6 Å². The number of aromatic nitrogens is 2. The summed E-state index contributed by atoms with van der Waals surface area (Å²) in [6.45, 7) is 0. The normalized spacial score (nSPS) is 11.7. The van der Waals surface area contributed by atoms with E-state index in [1.165, 1.54) is 0 Å². The van der Waals surface area contributed by atoms with Gasteiger partial charge in [0.25, 0.3) is 0 Å². The van der Waals surface area contributed by atoms with Crippen LogP contribution in [-0.2, 0) is 17.4 Å². The maximum absolute atomic E-state index is 12.0. The lowest BCUT2D eigenvalue weighted by Gasteiger charge is -1.95.